The molecule has 0 aliphatic rings. The molecule has 0 spiro atoms. The van der Waals surface area contributed by atoms with E-state index >= 15 is 0 Å². The van der Waals surface area contributed by atoms with Gasteiger partial charge in [-0.05, 0) is 31.0 Å². The maximum absolute atomic E-state index is 13.1. The Hall–Kier alpha value is -1.09. The van der Waals surface area contributed by atoms with Gasteiger partial charge in [0.1, 0.15) is 11.6 Å². The van der Waals surface area contributed by atoms with Crippen molar-refractivity contribution >= 4 is 0 Å². The lowest BCUT2D eigenvalue weighted by atomic mass is 10.2. The van der Waals surface area contributed by atoms with Crippen LogP contribution in [0.1, 0.15) is 32.3 Å². The quantitative estimate of drug-likeness (QED) is 0.812. The average molecular weight is 211 g/mol. The standard InChI is InChI=1S/C12H18FNO/c1-3-4-9(2)15-12-6-10(8-14)5-11(13)7-12/h5-7,9H,3-4,8,14H2,1-2H3. The van der Waals surface area contributed by atoms with Gasteiger partial charge in [-0.1, -0.05) is 13.3 Å². The van der Waals surface area contributed by atoms with Gasteiger partial charge in [-0.15, -0.1) is 0 Å². The van der Waals surface area contributed by atoms with Crippen molar-refractivity contribution < 1.29 is 9.13 Å². The van der Waals surface area contributed by atoms with E-state index in [1.165, 1.54) is 12.1 Å². The molecule has 0 amide bonds. The second kappa shape index (κ2) is 5.71. The fraction of sp³-hybridized carbons (Fsp3) is 0.500. The van der Waals surface area contributed by atoms with Gasteiger partial charge in [0, 0.05) is 12.6 Å². The monoisotopic (exact) mass is 211 g/mol. The minimum atomic E-state index is -0.295. The van der Waals surface area contributed by atoms with E-state index in [4.69, 9.17) is 10.5 Å². The molecule has 0 radical (unpaired) electrons. The number of hydrogen-bond donors (Lipinski definition) is 1. The molecule has 0 fully saturated rings. The molecule has 0 aromatic heterocycles. The zero-order chi connectivity index (χ0) is 11.3. The molecule has 0 bridgehead atoms. The van der Waals surface area contributed by atoms with Crippen LogP contribution in [0.3, 0.4) is 0 Å². The highest BCUT2D eigenvalue weighted by Crippen LogP contribution is 2.18. The normalized spacial score (nSPS) is 12.5. The third kappa shape index (κ3) is 3.88. The van der Waals surface area contributed by atoms with Crippen molar-refractivity contribution in [2.75, 3.05) is 0 Å². The average Bonchev–Trinajstić information content (AvgIpc) is 2.17. The van der Waals surface area contributed by atoms with Crippen LogP contribution in [0.5, 0.6) is 5.75 Å². The summed E-state index contributed by atoms with van der Waals surface area (Å²) in [4.78, 5) is 0. The molecule has 15 heavy (non-hydrogen) atoms. The molecular weight excluding hydrogens is 193 g/mol. The van der Waals surface area contributed by atoms with Gasteiger partial charge in [-0.25, -0.2) is 4.39 Å². The van der Waals surface area contributed by atoms with Gasteiger partial charge < -0.3 is 10.5 Å². The second-order valence-corrected chi connectivity index (χ2v) is 3.72. The first-order valence-corrected chi connectivity index (χ1v) is 5.32. The molecule has 3 heteroatoms. The Bertz CT molecular complexity index is 314. The summed E-state index contributed by atoms with van der Waals surface area (Å²) in [5.74, 6) is 0.271. The maximum Gasteiger partial charge on any atom is 0.127 e. The summed E-state index contributed by atoms with van der Waals surface area (Å²) in [5, 5.41) is 0. The number of nitrogens with two attached hydrogens (primary N) is 1. The minimum absolute atomic E-state index is 0.113. The smallest absolute Gasteiger partial charge is 0.127 e. The number of rotatable bonds is 5. The van der Waals surface area contributed by atoms with Crippen molar-refractivity contribution in [3.05, 3.63) is 29.6 Å². The molecule has 1 aromatic carbocycles. The molecule has 1 rings (SSSR count). The van der Waals surface area contributed by atoms with E-state index in [1.54, 1.807) is 6.07 Å². The van der Waals surface area contributed by atoms with E-state index in [0.29, 0.717) is 12.3 Å². The van der Waals surface area contributed by atoms with Crippen LogP contribution >= 0.6 is 0 Å². The fourth-order valence-corrected chi connectivity index (χ4v) is 1.50. The van der Waals surface area contributed by atoms with Crippen LogP contribution in [0.4, 0.5) is 4.39 Å². The summed E-state index contributed by atoms with van der Waals surface area (Å²) in [6, 6.07) is 4.61. The zero-order valence-electron chi connectivity index (χ0n) is 9.29. The summed E-state index contributed by atoms with van der Waals surface area (Å²) in [5.41, 5.74) is 6.21. The van der Waals surface area contributed by atoms with Crippen LogP contribution in [0, 0.1) is 5.82 Å². The SMILES string of the molecule is CCCC(C)Oc1cc(F)cc(CN)c1. The topological polar surface area (TPSA) is 35.2 Å². The van der Waals surface area contributed by atoms with E-state index in [0.717, 1.165) is 18.4 Å². The highest BCUT2D eigenvalue weighted by Gasteiger charge is 2.05. The Labute approximate surface area is 90.2 Å². The first-order chi connectivity index (χ1) is 7.15. The predicted molar refractivity (Wildman–Crippen MR) is 59.3 cm³/mol. The van der Waals surface area contributed by atoms with E-state index in [1.807, 2.05) is 6.92 Å². The Kier molecular flexibility index (Phi) is 4.56. The molecule has 0 saturated heterocycles. The number of halogens is 1. The fourth-order valence-electron chi connectivity index (χ4n) is 1.50. The third-order valence-electron chi connectivity index (χ3n) is 2.20. The highest BCUT2D eigenvalue weighted by molar-refractivity contribution is 5.29. The van der Waals surface area contributed by atoms with Gasteiger partial charge in [0.05, 0.1) is 6.10 Å². The first-order valence-electron chi connectivity index (χ1n) is 5.32. The van der Waals surface area contributed by atoms with Gasteiger partial charge in [0.15, 0.2) is 0 Å². The van der Waals surface area contributed by atoms with E-state index < -0.39 is 0 Å². The van der Waals surface area contributed by atoms with Gasteiger partial charge in [-0.3, -0.25) is 0 Å². The van der Waals surface area contributed by atoms with Crippen molar-refractivity contribution in [2.45, 2.75) is 39.3 Å². The Morgan fingerprint density at radius 1 is 1.40 bits per heavy atom. The molecule has 84 valence electrons. The molecule has 2 nitrogen and oxygen atoms in total. The molecule has 0 heterocycles. The lowest BCUT2D eigenvalue weighted by molar-refractivity contribution is 0.209. The van der Waals surface area contributed by atoms with E-state index in [-0.39, 0.29) is 11.9 Å². The van der Waals surface area contributed by atoms with Crippen LogP contribution in [0.15, 0.2) is 18.2 Å². The molecule has 2 N–H and O–H groups in total. The molecule has 1 unspecified atom stereocenters. The number of benzene rings is 1. The largest absolute Gasteiger partial charge is 0.491 e. The van der Waals surface area contributed by atoms with Gasteiger partial charge >= 0.3 is 0 Å². The lowest BCUT2D eigenvalue weighted by Crippen LogP contribution is -2.11. The Balaban J connectivity index is 2.71. The third-order valence-corrected chi connectivity index (χ3v) is 2.20. The van der Waals surface area contributed by atoms with Crippen molar-refractivity contribution in [3.8, 4) is 5.75 Å². The molecule has 0 aliphatic heterocycles. The van der Waals surface area contributed by atoms with Gasteiger partial charge in [0.2, 0.25) is 0 Å². The van der Waals surface area contributed by atoms with Crippen molar-refractivity contribution in [1.29, 1.82) is 0 Å². The summed E-state index contributed by atoms with van der Waals surface area (Å²) >= 11 is 0. The predicted octanol–water partition coefficient (Wildman–Crippen LogP) is 2.85. The maximum atomic E-state index is 13.1. The Morgan fingerprint density at radius 3 is 2.73 bits per heavy atom. The number of hydrogen-bond acceptors (Lipinski definition) is 2. The van der Waals surface area contributed by atoms with Gasteiger partial charge in [0.25, 0.3) is 0 Å². The number of ether oxygens (including phenoxy) is 1. The van der Waals surface area contributed by atoms with Crippen LogP contribution in [0.25, 0.3) is 0 Å². The molecule has 0 aliphatic carbocycles. The molecule has 1 aromatic rings. The molecule has 1 atom stereocenters. The molecular formula is C12H18FNO. The van der Waals surface area contributed by atoms with Crippen LogP contribution < -0.4 is 10.5 Å². The minimum Gasteiger partial charge on any atom is -0.491 e. The zero-order valence-corrected chi connectivity index (χ0v) is 9.29. The highest BCUT2D eigenvalue weighted by atomic mass is 19.1. The summed E-state index contributed by atoms with van der Waals surface area (Å²) < 4.78 is 18.7. The van der Waals surface area contributed by atoms with E-state index in [2.05, 4.69) is 6.92 Å². The molecule has 0 saturated carbocycles. The van der Waals surface area contributed by atoms with E-state index in [9.17, 15) is 4.39 Å². The summed E-state index contributed by atoms with van der Waals surface area (Å²) in [7, 11) is 0. The van der Waals surface area contributed by atoms with Crippen molar-refractivity contribution in [2.24, 2.45) is 5.73 Å². The van der Waals surface area contributed by atoms with Gasteiger partial charge in [-0.2, -0.15) is 0 Å². The summed E-state index contributed by atoms with van der Waals surface area (Å²) in [6.07, 6.45) is 2.14. The van der Waals surface area contributed by atoms with Crippen LogP contribution in [0.2, 0.25) is 0 Å². The van der Waals surface area contributed by atoms with Crippen LogP contribution in [-0.2, 0) is 6.54 Å². The van der Waals surface area contributed by atoms with Crippen LogP contribution in [-0.4, -0.2) is 6.10 Å². The second-order valence-electron chi connectivity index (χ2n) is 3.72. The van der Waals surface area contributed by atoms with Crippen molar-refractivity contribution in [1.82, 2.24) is 0 Å². The lowest BCUT2D eigenvalue weighted by Gasteiger charge is -2.14. The first kappa shape index (κ1) is 12.0. The van der Waals surface area contributed by atoms with Crippen molar-refractivity contribution in [3.63, 3.8) is 0 Å². The Morgan fingerprint density at radius 2 is 2.13 bits per heavy atom. The summed E-state index contributed by atoms with van der Waals surface area (Å²) in [6.45, 7) is 4.41.